The zero-order valence-electron chi connectivity index (χ0n) is 15.5. The number of nitrogens with two attached hydrogens (primary N) is 1. The Morgan fingerprint density at radius 1 is 1.19 bits per heavy atom. The quantitative estimate of drug-likeness (QED) is 0.729. The van der Waals surface area contributed by atoms with E-state index in [-0.39, 0.29) is 6.54 Å². The summed E-state index contributed by atoms with van der Waals surface area (Å²) in [5.41, 5.74) is 6.41. The molecule has 2 atom stereocenters. The Balaban J connectivity index is 1.69. The minimum atomic E-state index is -0.620. The molecule has 0 bridgehead atoms. The third kappa shape index (κ3) is 4.01. The van der Waals surface area contributed by atoms with Crippen LogP contribution in [-0.2, 0) is 20.9 Å². The maximum atomic E-state index is 12.7. The largest absolute Gasteiger partial charge is 0.368 e. The first-order valence-corrected chi connectivity index (χ1v) is 9.36. The lowest BCUT2D eigenvalue weighted by Gasteiger charge is -2.29. The lowest BCUT2D eigenvalue weighted by Crippen LogP contribution is -2.52. The number of amides is 2. The van der Waals surface area contributed by atoms with Crippen LogP contribution in [0.3, 0.4) is 0 Å². The highest BCUT2D eigenvalue weighted by Crippen LogP contribution is 2.22. The molecular formula is C21H25N3O3. The van der Waals surface area contributed by atoms with E-state index in [2.05, 4.69) is 5.32 Å². The van der Waals surface area contributed by atoms with Crippen molar-refractivity contribution in [3.63, 3.8) is 0 Å². The predicted molar refractivity (Wildman–Crippen MR) is 104 cm³/mol. The van der Waals surface area contributed by atoms with E-state index >= 15 is 0 Å². The lowest BCUT2D eigenvalue weighted by atomic mass is 10.0. The average Bonchev–Trinajstić information content (AvgIpc) is 3.16. The number of likely N-dealkylation sites (tertiary alicyclic amines) is 1. The Morgan fingerprint density at radius 3 is 2.67 bits per heavy atom. The van der Waals surface area contributed by atoms with E-state index in [1.165, 1.54) is 0 Å². The van der Waals surface area contributed by atoms with Crippen LogP contribution in [-0.4, -0.2) is 41.1 Å². The van der Waals surface area contributed by atoms with Crippen molar-refractivity contribution in [3.8, 4) is 0 Å². The van der Waals surface area contributed by atoms with Crippen LogP contribution < -0.4 is 11.1 Å². The summed E-state index contributed by atoms with van der Waals surface area (Å²) in [5.74, 6) is -1.56. The van der Waals surface area contributed by atoms with Gasteiger partial charge in [-0.3, -0.25) is 19.3 Å². The molecule has 0 radical (unpaired) electrons. The van der Waals surface area contributed by atoms with Gasteiger partial charge in [0.2, 0.25) is 11.7 Å². The Kier molecular flexibility index (Phi) is 5.86. The van der Waals surface area contributed by atoms with Gasteiger partial charge in [-0.25, -0.2) is 0 Å². The molecule has 2 amide bonds. The van der Waals surface area contributed by atoms with E-state index in [4.69, 9.17) is 5.73 Å². The topological polar surface area (TPSA) is 92.5 Å². The molecule has 6 heteroatoms. The summed E-state index contributed by atoms with van der Waals surface area (Å²) in [4.78, 5) is 38.6. The van der Waals surface area contributed by atoms with Crippen molar-refractivity contribution in [2.75, 3.05) is 6.54 Å². The van der Waals surface area contributed by atoms with E-state index < -0.39 is 29.7 Å². The van der Waals surface area contributed by atoms with Crippen LogP contribution in [0.4, 0.5) is 0 Å². The predicted octanol–water partition coefficient (Wildman–Crippen LogP) is 1.75. The number of nitrogens with zero attached hydrogens (tertiary/aromatic N) is 1. The number of fused-ring (bicyclic) bond motifs is 1. The van der Waals surface area contributed by atoms with Gasteiger partial charge in [0.05, 0.1) is 12.1 Å². The number of carbonyl (C=O) groups is 3. The van der Waals surface area contributed by atoms with E-state index in [0.29, 0.717) is 19.4 Å². The third-order valence-electron chi connectivity index (χ3n) is 5.26. The van der Waals surface area contributed by atoms with Gasteiger partial charge in [0.1, 0.15) is 0 Å². The molecule has 27 heavy (non-hydrogen) atoms. The normalized spacial score (nSPS) is 18.3. The summed E-state index contributed by atoms with van der Waals surface area (Å²) in [6, 6.07) is 12.7. The second-order valence-corrected chi connectivity index (χ2v) is 6.91. The Labute approximate surface area is 158 Å². The van der Waals surface area contributed by atoms with Crippen LogP contribution in [0.25, 0.3) is 10.8 Å². The first-order chi connectivity index (χ1) is 13.0. The van der Waals surface area contributed by atoms with Crippen molar-refractivity contribution in [3.05, 3.63) is 48.0 Å². The van der Waals surface area contributed by atoms with Crippen LogP contribution in [0.2, 0.25) is 0 Å². The third-order valence-corrected chi connectivity index (χ3v) is 5.26. The van der Waals surface area contributed by atoms with E-state index in [1.54, 1.807) is 4.90 Å². The average molecular weight is 367 g/mol. The van der Waals surface area contributed by atoms with Gasteiger partial charge < -0.3 is 11.1 Å². The van der Waals surface area contributed by atoms with Crippen molar-refractivity contribution in [1.82, 2.24) is 10.2 Å². The SMILES string of the molecule is CC[C@@H](C(=O)C(=O)NCc1cccc2ccccc12)N1CCCC1C(N)=O. The summed E-state index contributed by atoms with van der Waals surface area (Å²) in [6.45, 7) is 2.73. The second kappa shape index (κ2) is 8.31. The van der Waals surface area contributed by atoms with Crippen LogP contribution in [0, 0.1) is 0 Å². The Bertz CT molecular complexity index is 859. The molecule has 2 aromatic rings. The molecule has 3 N–H and O–H groups in total. The number of nitrogens with one attached hydrogen (secondary N) is 1. The van der Waals surface area contributed by atoms with Gasteiger partial charge >= 0.3 is 0 Å². The van der Waals surface area contributed by atoms with Crippen molar-refractivity contribution in [1.29, 1.82) is 0 Å². The highest BCUT2D eigenvalue weighted by atomic mass is 16.2. The molecule has 1 aliphatic heterocycles. The van der Waals surface area contributed by atoms with Crippen LogP contribution in [0.1, 0.15) is 31.7 Å². The first-order valence-electron chi connectivity index (χ1n) is 9.36. The summed E-state index contributed by atoms with van der Waals surface area (Å²) < 4.78 is 0. The van der Waals surface area contributed by atoms with Gasteiger partial charge in [-0.05, 0) is 42.1 Å². The molecule has 2 aromatic carbocycles. The smallest absolute Gasteiger partial charge is 0.289 e. The first kappa shape index (κ1) is 19.0. The molecule has 0 aliphatic carbocycles. The molecule has 0 saturated carbocycles. The van der Waals surface area contributed by atoms with Crippen molar-refractivity contribution >= 4 is 28.4 Å². The molecule has 0 spiro atoms. The lowest BCUT2D eigenvalue weighted by molar-refractivity contribution is -0.142. The highest BCUT2D eigenvalue weighted by molar-refractivity contribution is 6.38. The van der Waals surface area contributed by atoms with Gasteiger partial charge in [-0.15, -0.1) is 0 Å². The molecule has 1 fully saturated rings. The fraction of sp³-hybridized carbons (Fsp3) is 0.381. The van der Waals surface area contributed by atoms with Gasteiger partial charge in [-0.2, -0.15) is 0 Å². The number of hydrogen-bond acceptors (Lipinski definition) is 4. The second-order valence-electron chi connectivity index (χ2n) is 6.91. The minimum Gasteiger partial charge on any atom is -0.368 e. The summed E-state index contributed by atoms with van der Waals surface area (Å²) >= 11 is 0. The van der Waals surface area contributed by atoms with Crippen molar-refractivity contribution in [2.24, 2.45) is 5.73 Å². The highest BCUT2D eigenvalue weighted by Gasteiger charge is 2.38. The summed E-state index contributed by atoms with van der Waals surface area (Å²) in [5, 5.41) is 4.88. The van der Waals surface area contributed by atoms with E-state index in [1.807, 2.05) is 49.4 Å². The van der Waals surface area contributed by atoms with Gasteiger partial charge in [0, 0.05) is 6.54 Å². The van der Waals surface area contributed by atoms with Crippen LogP contribution in [0.15, 0.2) is 42.5 Å². The summed E-state index contributed by atoms with van der Waals surface area (Å²) in [7, 11) is 0. The van der Waals surface area contributed by atoms with Crippen molar-refractivity contribution in [2.45, 2.75) is 44.8 Å². The van der Waals surface area contributed by atoms with E-state index in [9.17, 15) is 14.4 Å². The minimum absolute atomic E-state index is 0.279. The number of rotatable bonds is 7. The number of hydrogen-bond donors (Lipinski definition) is 2. The van der Waals surface area contributed by atoms with Crippen LogP contribution >= 0.6 is 0 Å². The zero-order chi connectivity index (χ0) is 19.4. The van der Waals surface area contributed by atoms with E-state index in [0.717, 1.165) is 22.8 Å². The number of primary amides is 1. The molecule has 142 valence electrons. The molecular weight excluding hydrogens is 342 g/mol. The zero-order valence-corrected chi connectivity index (χ0v) is 15.5. The standard InChI is InChI=1S/C21H25N3O3/c1-2-17(24-12-6-11-18(24)20(22)26)19(25)21(27)23-13-15-9-5-8-14-7-3-4-10-16(14)15/h3-5,7-10,17-18H,2,6,11-13H2,1H3,(H2,22,26)(H,23,27)/t17-,18?/m0/s1. The van der Waals surface area contributed by atoms with Crippen molar-refractivity contribution < 1.29 is 14.4 Å². The summed E-state index contributed by atoms with van der Waals surface area (Å²) in [6.07, 6.45) is 1.90. The fourth-order valence-corrected chi connectivity index (χ4v) is 3.90. The van der Waals surface area contributed by atoms with Gasteiger partial charge in [0.15, 0.2) is 0 Å². The molecule has 1 aliphatic rings. The number of ketones is 1. The number of Topliss-reactive ketones (excluding diaryl/α,β-unsaturated/α-hetero) is 1. The van der Waals surface area contributed by atoms with Gasteiger partial charge in [0.25, 0.3) is 5.91 Å². The number of carbonyl (C=O) groups excluding carboxylic acids is 3. The molecule has 3 rings (SSSR count). The van der Waals surface area contributed by atoms with Gasteiger partial charge in [-0.1, -0.05) is 49.4 Å². The molecule has 0 aromatic heterocycles. The molecule has 1 unspecified atom stereocenters. The molecule has 1 saturated heterocycles. The fourth-order valence-electron chi connectivity index (χ4n) is 3.90. The monoisotopic (exact) mass is 367 g/mol. The Morgan fingerprint density at radius 2 is 1.93 bits per heavy atom. The van der Waals surface area contributed by atoms with Crippen LogP contribution in [0.5, 0.6) is 0 Å². The molecule has 1 heterocycles. The Hall–Kier alpha value is -2.73. The maximum Gasteiger partial charge on any atom is 0.289 e. The molecule has 6 nitrogen and oxygen atoms in total. The maximum absolute atomic E-state index is 12.7. The number of benzene rings is 2.